The Bertz CT molecular complexity index is 752. The molecule has 4 nitrogen and oxygen atoms in total. The van der Waals surface area contributed by atoms with E-state index in [4.69, 9.17) is 18.1 Å². The summed E-state index contributed by atoms with van der Waals surface area (Å²) in [7, 11) is 0. The van der Waals surface area contributed by atoms with E-state index in [-0.39, 0.29) is 5.82 Å². The number of aromatic nitrogens is 3. The minimum absolute atomic E-state index is 0.278. The first-order valence-corrected chi connectivity index (χ1v) is 5.40. The molecule has 0 aliphatic rings. The van der Waals surface area contributed by atoms with Gasteiger partial charge >= 0.3 is 0 Å². The highest BCUT2D eigenvalue weighted by Gasteiger charge is 2.10. The van der Waals surface area contributed by atoms with E-state index >= 15 is 0 Å². The van der Waals surface area contributed by atoms with E-state index in [1.807, 2.05) is 6.07 Å². The smallest absolute Gasteiger partial charge is 0.196 e. The van der Waals surface area contributed by atoms with E-state index < -0.39 is 0 Å². The number of rotatable bonds is 1. The highest BCUT2D eigenvalue weighted by molar-refractivity contribution is 7.71. The number of nitrogens with one attached hydrogen (secondary N) is 2. The van der Waals surface area contributed by atoms with Gasteiger partial charge in [0, 0.05) is 17.1 Å². The van der Waals surface area contributed by atoms with Crippen molar-refractivity contribution >= 4 is 23.1 Å². The van der Waals surface area contributed by atoms with Gasteiger partial charge in [-0.3, -0.25) is 0 Å². The molecule has 3 aromatic rings. The van der Waals surface area contributed by atoms with Crippen LogP contribution in [0.15, 0.2) is 30.6 Å². The second kappa shape index (κ2) is 3.46. The molecule has 0 fully saturated rings. The molecule has 86 valence electrons. The maximum atomic E-state index is 13.5. The number of aromatic amines is 2. The van der Waals surface area contributed by atoms with E-state index in [1.54, 1.807) is 18.5 Å². The van der Waals surface area contributed by atoms with Gasteiger partial charge in [0.25, 0.3) is 0 Å². The zero-order chi connectivity index (χ0) is 12.0. The number of fused-ring (bicyclic) bond motifs is 1. The number of hydrogen-bond donors (Lipinski definition) is 3. The van der Waals surface area contributed by atoms with Crippen LogP contribution in [0.25, 0.3) is 22.2 Å². The van der Waals surface area contributed by atoms with Crippen molar-refractivity contribution in [3.63, 3.8) is 0 Å². The first-order valence-electron chi connectivity index (χ1n) is 4.99. The molecule has 17 heavy (non-hydrogen) atoms. The van der Waals surface area contributed by atoms with Gasteiger partial charge in [-0.15, -0.1) is 0 Å². The van der Waals surface area contributed by atoms with Crippen molar-refractivity contribution in [3.8, 4) is 11.3 Å². The maximum Gasteiger partial charge on any atom is 0.196 e. The third-order valence-corrected chi connectivity index (χ3v) is 3.01. The number of benzene rings is 1. The molecule has 0 atom stereocenters. The van der Waals surface area contributed by atoms with Crippen LogP contribution in [0.2, 0.25) is 0 Å². The normalized spacial score (nSPS) is 11.1. The van der Waals surface area contributed by atoms with Crippen LogP contribution in [0.5, 0.6) is 0 Å². The molecular weight excluding hydrogens is 239 g/mol. The minimum atomic E-state index is -0.278. The van der Waals surface area contributed by atoms with Gasteiger partial charge in [0.15, 0.2) is 4.77 Å². The van der Waals surface area contributed by atoms with E-state index in [0.717, 1.165) is 16.6 Å². The van der Waals surface area contributed by atoms with E-state index in [0.29, 0.717) is 10.3 Å². The lowest BCUT2D eigenvalue weighted by Gasteiger charge is -1.95. The summed E-state index contributed by atoms with van der Waals surface area (Å²) in [5, 5.41) is 0.793. The Morgan fingerprint density at radius 3 is 2.88 bits per heavy atom. The highest BCUT2D eigenvalue weighted by Crippen LogP contribution is 2.28. The molecule has 0 radical (unpaired) electrons. The summed E-state index contributed by atoms with van der Waals surface area (Å²) in [4.78, 5) is 5.87. The summed E-state index contributed by atoms with van der Waals surface area (Å²) in [6.07, 6.45) is 3.41. The molecule has 2 heterocycles. The first-order chi connectivity index (χ1) is 8.16. The van der Waals surface area contributed by atoms with Crippen LogP contribution < -0.4 is 5.84 Å². The second-order valence-electron chi connectivity index (χ2n) is 3.74. The topological polar surface area (TPSA) is 62.5 Å². The maximum absolute atomic E-state index is 13.5. The van der Waals surface area contributed by atoms with Crippen molar-refractivity contribution in [1.29, 1.82) is 0 Å². The lowest BCUT2D eigenvalue weighted by atomic mass is 10.1. The zero-order valence-electron chi connectivity index (χ0n) is 8.70. The van der Waals surface area contributed by atoms with E-state index in [9.17, 15) is 4.39 Å². The van der Waals surface area contributed by atoms with Gasteiger partial charge in [-0.25, -0.2) is 9.07 Å². The van der Waals surface area contributed by atoms with Gasteiger partial charge < -0.3 is 15.8 Å². The van der Waals surface area contributed by atoms with Gasteiger partial charge in [-0.2, -0.15) is 0 Å². The van der Waals surface area contributed by atoms with Gasteiger partial charge in [0.05, 0.1) is 17.4 Å². The average molecular weight is 248 g/mol. The Balaban J connectivity index is 2.31. The molecule has 1 aromatic carbocycles. The van der Waals surface area contributed by atoms with Crippen LogP contribution in [0, 0.1) is 10.6 Å². The van der Waals surface area contributed by atoms with Crippen LogP contribution in [0.1, 0.15) is 0 Å². The van der Waals surface area contributed by atoms with Gasteiger partial charge in [-0.1, -0.05) is 12.1 Å². The molecule has 3 rings (SSSR count). The zero-order valence-corrected chi connectivity index (χ0v) is 9.51. The molecule has 0 unspecified atom stereocenters. The minimum Gasteiger partial charge on any atom is -0.358 e. The Labute approximate surface area is 101 Å². The Morgan fingerprint density at radius 2 is 2.18 bits per heavy atom. The van der Waals surface area contributed by atoms with Crippen molar-refractivity contribution in [2.24, 2.45) is 0 Å². The van der Waals surface area contributed by atoms with Gasteiger partial charge in [0.2, 0.25) is 0 Å². The first kappa shape index (κ1) is 10.1. The molecule has 0 spiro atoms. The van der Waals surface area contributed by atoms with Crippen molar-refractivity contribution in [2.45, 2.75) is 0 Å². The molecule has 0 saturated carbocycles. The lowest BCUT2D eigenvalue weighted by molar-refractivity contribution is 0.637. The summed E-state index contributed by atoms with van der Waals surface area (Å²) < 4.78 is 15.3. The number of nitrogen functional groups attached to an aromatic ring is 1. The van der Waals surface area contributed by atoms with Crippen LogP contribution in [0.4, 0.5) is 4.39 Å². The number of imidazole rings is 1. The predicted octanol–water partition coefficient (Wildman–Crippen LogP) is 2.55. The third kappa shape index (κ3) is 1.45. The van der Waals surface area contributed by atoms with Crippen LogP contribution in [-0.2, 0) is 0 Å². The molecule has 0 aliphatic heterocycles. The number of halogens is 1. The van der Waals surface area contributed by atoms with Gasteiger partial charge in [0.1, 0.15) is 5.82 Å². The lowest BCUT2D eigenvalue weighted by Crippen LogP contribution is -2.05. The number of hydrogen-bond acceptors (Lipinski definition) is 2. The van der Waals surface area contributed by atoms with Crippen molar-refractivity contribution in [2.75, 3.05) is 5.84 Å². The Kier molecular flexibility index (Phi) is 2.05. The number of nitrogens with two attached hydrogens (primary N) is 1. The molecular formula is C11H9FN4S. The standard InChI is InChI=1S/C11H9FN4S/c12-8-3-1-2-6-7(4-14-10(6)8)9-5-16(13)11(17)15-9/h1-5,14H,13H2,(H,15,17). The highest BCUT2D eigenvalue weighted by atomic mass is 32.1. The molecule has 0 aliphatic carbocycles. The van der Waals surface area contributed by atoms with E-state index in [2.05, 4.69) is 9.97 Å². The van der Waals surface area contributed by atoms with Crippen molar-refractivity contribution < 1.29 is 4.39 Å². The van der Waals surface area contributed by atoms with E-state index in [1.165, 1.54) is 10.7 Å². The van der Waals surface area contributed by atoms with Gasteiger partial charge in [-0.05, 0) is 18.3 Å². The molecule has 0 bridgehead atoms. The fourth-order valence-electron chi connectivity index (χ4n) is 1.89. The SMILES string of the molecule is Nn1cc(-c2c[nH]c3c(F)cccc23)[nH]c1=S. The number of para-hydroxylation sites is 1. The monoisotopic (exact) mass is 248 g/mol. The fourth-order valence-corrected chi connectivity index (χ4v) is 2.05. The third-order valence-electron chi connectivity index (χ3n) is 2.70. The molecule has 2 aromatic heterocycles. The Morgan fingerprint density at radius 1 is 1.35 bits per heavy atom. The van der Waals surface area contributed by atoms with Crippen LogP contribution >= 0.6 is 12.2 Å². The molecule has 0 amide bonds. The fraction of sp³-hybridized carbons (Fsp3) is 0. The van der Waals surface area contributed by atoms with Crippen molar-refractivity contribution in [1.82, 2.24) is 14.6 Å². The summed E-state index contributed by atoms with van der Waals surface area (Å²) >= 11 is 4.99. The summed E-state index contributed by atoms with van der Waals surface area (Å²) in [5.74, 6) is 5.34. The molecule has 0 saturated heterocycles. The Hall–Kier alpha value is -2.08. The number of nitrogens with zero attached hydrogens (tertiary/aromatic N) is 1. The quantitative estimate of drug-likeness (QED) is 0.458. The molecule has 4 N–H and O–H groups in total. The summed E-state index contributed by atoms with van der Waals surface area (Å²) in [6.45, 7) is 0. The van der Waals surface area contributed by atoms with Crippen LogP contribution in [0.3, 0.4) is 0 Å². The van der Waals surface area contributed by atoms with Crippen molar-refractivity contribution in [3.05, 3.63) is 41.2 Å². The summed E-state index contributed by atoms with van der Waals surface area (Å²) in [6, 6.07) is 4.93. The molecule has 6 heteroatoms. The van der Waals surface area contributed by atoms with Crippen LogP contribution in [-0.4, -0.2) is 14.6 Å². The largest absolute Gasteiger partial charge is 0.358 e. The summed E-state index contributed by atoms with van der Waals surface area (Å²) in [5.41, 5.74) is 2.08. The second-order valence-corrected chi connectivity index (χ2v) is 4.13. The average Bonchev–Trinajstić information content (AvgIpc) is 2.85. The number of H-pyrrole nitrogens is 2. The predicted molar refractivity (Wildman–Crippen MR) is 67.0 cm³/mol.